The van der Waals surface area contributed by atoms with E-state index in [2.05, 4.69) is 4.98 Å². The second-order valence-electron chi connectivity index (χ2n) is 3.43. The highest BCUT2D eigenvalue weighted by molar-refractivity contribution is 6.34. The minimum absolute atomic E-state index is 0.130. The van der Waals surface area contributed by atoms with Crippen LogP contribution in [0.15, 0.2) is 12.3 Å². The Hall–Kier alpha value is -0.310. The number of aliphatic hydroxyl groups excluding tert-OH is 1. The summed E-state index contributed by atoms with van der Waals surface area (Å²) in [6.07, 6.45) is 3.62. The molecule has 1 N–H and O–H groups in total. The molecule has 0 spiro atoms. The highest BCUT2D eigenvalue weighted by Crippen LogP contribution is 2.49. The zero-order chi connectivity index (χ0) is 9.47. The SMILES string of the molecule is OCC1(c2cnc(Cl)cc2Cl)CC1. The van der Waals surface area contributed by atoms with Gasteiger partial charge in [0.05, 0.1) is 6.61 Å². The molecule has 0 radical (unpaired) electrons. The number of aliphatic hydroxyl groups is 1. The fourth-order valence-electron chi connectivity index (χ4n) is 1.46. The molecule has 1 aliphatic carbocycles. The lowest BCUT2D eigenvalue weighted by Crippen LogP contribution is -2.12. The number of rotatable bonds is 2. The Morgan fingerprint density at radius 2 is 2.15 bits per heavy atom. The molecule has 1 heterocycles. The zero-order valence-corrected chi connectivity index (χ0v) is 8.44. The van der Waals surface area contributed by atoms with Gasteiger partial charge in [-0.25, -0.2) is 4.98 Å². The topological polar surface area (TPSA) is 33.1 Å². The second kappa shape index (κ2) is 3.12. The highest BCUT2D eigenvalue weighted by Gasteiger charge is 2.45. The number of nitrogens with zero attached hydrogens (tertiary/aromatic N) is 1. The average Bonchev–Trinajstić information content (AvgIpc) is 2.85. The number of aromatic nitrogens is 1. The Labute approximate surface area is 86.5 Å². The molecular formula is C9H9Cl2NO. The summed E-state index contributed by atoms with van der Waals surface area (Å²) in [5, 5.41) is 10.2. The molecule has 0 saturated heterocycles. The summed E-state index contributed by atoms with van der Waals surface area (Å²) >= 11 is 11.7. The summed E-state index contributed by atoms with van der Waals surface area (Å²) < 4.78 is 0. The van der Waals surface area contributed by atoms with Crippen molar-refractivity contribution in [3.63, 3.8) is 0 Å². The Balaban J connectivity index is 2.41. The third kappa shape index (κ3) is 1.54. The molecule has 0 atom stereocenters. The molecule has 0 unspecified atom stereocenters. The van der Waals surface area contributed by atoms with Crippen molar-refractivity contribution in [1.82, 2.24) is 4.98 Å². The number of hydrogen-bond donors (Lipinski definition) is 1. The minimum atomic E-state index is -0.130. The fraction of sp³-hybridized carbons (Fsp3) is 0.444. The summed E-state index contributed by atoms with van der Waals surface area (Å²) in [6, 6.07) is 1.62. The summed E-state index contributed by atoms with van der Waals surface area (Å²) in [7, 11) is 0. The first kappa shape index (κ1) is 9.25. The Bertz CT molecular complexity index is 336. The number of hydrogen-bond acceptors (Lipinski definition) is 2. The maximum atomic E-state index is 9.18. The van der Waals surface area contributed by atoms with E-state index < -0.39 is 0 Å². The zero-order valence-electron chi connectivity index (χ0n) is 6.93. The lowest BCUT2D eigenvalue weighted by molar-refractivity contribution is 0.255. The second-order valence-corrected chi connectivity index (χ2v) is 4.22. The summed E-state index contributed by atoms with van der Waals surface area (Å²) in [5.41, 5.74) is 0.787. The molecule has 0 bridgehead atoms. The predicted octanol–water partition coefficient (Wildman–Crippen LogP) is 2.41. The highest BCUT2D eigenvalue weighted by atomic mass is 35.5. The van der Waals surface area contributed by atoms with Crippen molar-refractivity contribution in [1.29, 1.82) is 0 Å². The molecule has 0 aliphatic heterocycles. The van der Waals surface area contributed by atoms with Gasteiger partial charge >= 0.3 is 0 Å². The van der Waals surface area contributed by atoms with Gasteiger partial charge in [0, 0.05) is 16.6 Å². The molecule has 0 amide bonds. The third-order valence-electron chi connectivity index (χ3n) is 2.55. The lowest BCUT2D eigenvalue weighted by atomic mass is 9.99. The molecule has 1 aromatic rings. The van der Waals surface area contributed by atoms with Crippen LogP contribution < -0.4 is 0 Å². The number of halogens is 2. The van der Waals surface area contributed by atoms with Gasteiger partial charge in [0.2, 0.25) is 0 Å². The van der Waals surface area contributed by atoms with Crippen LogP contribution in [0.2, 0.25) is 10.2 Å². The number of pyridine rings is 1. The van der Waals surface area contributed by atoms with Gasteiger partial charge in [-0.05, 0) is 24.5 Å². The van der Waals surface area contributed by atoms with Gasteiger partial charge in [0.15, 0.2) is 0 Å². The van der Waals surface area contributed by atoms with E-state index in [-0.39, 0.29) is 12.0 Å². The normalized spacial score (nSPS) is 18.7. The summed E-state index contributed by atoms with van der Waals surface area (Å²) in [6.45, 7) is 0.135. The average molecular weight is 218 g/mol. The smallest absolute Gasteiger partial charge is 0.130 e. The summed E-state index contributed by atoms with van der Waals surface area (Å²) in [4.78, 5) is 3.96. The molecule has 0 aromatic carbocycles. The van der Waals surface area contributed by atoms with Crippen molar-refractivity contribution >= 4 is 23.2 Å². The van der Waals surface area contributed by atoms with Crippen LogP contribution in [0.4, 0.5) is 0 Å². The van der Waals surface area contributed by atoms with Crippen LogP contribution in [0.1, 0.15) is 18.4 Å². The van der Waals surface area contributed by atoms with Crippen molar-refractivity contribution < 1.29 is 5.11 Å². The van der Waals surface area contributed by atoms with Gasteiger partial charge < -0.3 is 5.11 Å². The predicted molar refractivity (Wildman–Crippen MR) is 52.3 cm³/mol. The largest absolute Gasteiger partial charge is 0.395 e. The monoisotopic (exact) mass is 217 g/mol. The van der Waals surface area contributed by atoms with Gasteiger partial charge in [0.25, 0.3) is 0 Å². The van der Waals surface area contributed by atoms with Gasteiger partial charge in [-0.1, -0.05) is 23.2 Å². The Morgan fingerprint density at radius 1 is 1.46 bits per heavy atom. The minimum Gasteiger partial charge on any atom is -0.395 e. The third-order valence-corrected chi connectivity index (χ3v) is 3.07. The van der Waals surface area contributed by atoms with E-state index in [0.717, 1.165) is 18.4 Å². The van der Waals surface area contributed by atoms with Crippen LogP contribution in [0.5, 0.6) is 0 Å². The molecule has 4 heteroatoms. The van der Waals surface area contributed by atoms with E-state index in [1.165, 1.54) is 0 Å². The van der Waals surface area contributed by atoms with Gasteiger partial charge in [-0.2, -0.15) is 0 Å². The molecule has 1 saturated carbocycles. The van der Waals surface area contributed by atoms with Crippen molar-refractivity contribution in [2.24, 2.45) is 0 Å². The first-order valence-electron chi connectivity index (χ1n) is 4.10. The lowest BCUT2D eigenvalue weighted by Gasteiger charge is -2.12. The van der Waals surface area contributed by atoms with E-state index in [1.807, 2.05) is 0 Å². The van der Waals surface area contributed by atoms with Crippen molar-refractivity contribution in [2.75, 3.05) is 6.61 Å². The van der Waals surface area contributed by atoms with E-state index >= 15 is 0 Å². The summed E-state index contributed by atoms with van der Waals surface area (Å²) in [5.74, 6) is 0. The van der Waals surface area contributed by atoms with Crippen LogP contribution in [0.25, 0.3) is 0 Å². The first-order chi connectivity index (χ1) is 6.18. The van der Waals surface area contributed by atoms with Gasteiger partial charge in [-0.3, -0.25) is 0 Å². The standard InChI is InChI=1S/C9H9Cl2NO/c10-7-3-8(11)12-4-6(7)9(5-13)1-2-9/h3-4,13H,1-2,5H2. The fourth-order valence-corrected chi connectivity index (χ4v) is 2.03. The van der Waals surface area contributed by atoms with Crippen LogP contribution in [0.3, 0.4) is 0 Å². The van der Waals surface area contributed by atoms with E-state index in [4.69, 9.17) is 23.2 Å². The maximum Gasteiger partial charge on any atom is 0.130 e. The maximum absolute atomic E-state index is 9.18. The Morgan fingerprint density at radius 3 is 2.62 bits per heavy atom. The van der Waals surface area contributed by atoms with Crippen LogP contribution in [-0.4, -0.2) is 16.7 Å². The molecule has 1 fully saturated rings. The Kier molecular flexibility index (Phi) is 2.22. The van der Waals surface area contributed by atoms with Gasteiger partial charge in [-0.15, -0.1) is 0 Å². The van der Waals surface area contributed by atoms with Crippen LogP contribution in [-0.2, 0) is 5.41 Å². The molecule has 2 rings (SSSR count). The quantitative estimate of drug-likeness (QED) is 0.773. The molecular weight excluding hydrogens is 209 g/mol. The molecule has 2 nitrogen and oxygen atoms in total. The molecule has 13 heavy (non-hydrogen) atoms. The molecule has 70 valence electrons. The molecule has 1 aromatic heterocycles. The van der Waals surface area contributed by atoms with Gasteiger partial charge in [0.1, 0.15) is 5.15 Å². The van der Waals surface area contributed by atoms with E-state index in [9.17, 15) is 5.11 Å². The first-order valence-corrected chi connectivity index (χ1v) is 4.86. The van der Waals surface area contributed by atoms with E-state index in [0.29, 0.717) is 10.2 Å². The van der Waals surface area contributed by atoms with Crippen molar-refractivity contribution in [3.8, 4) is 0 Å². The van der Waals surface area contributed by atoms with Crippen LogP contribution in [0, 0.1) is 0 Å². The van der Waals surface area contributed by atoms with Crippen molar-refractivity contribution in [2.45, 2.75) is 18.3 Å². The van der Waals surface area contributed by atoms with Crippen molar-refractivity contribution in [3.05, 3.63) is 28.0 Å². The van der Waals surface area contributed by atoms with Crippen LogP contribution >= 0.6 is 23.2 Å². The van der Waals surface area contributed by atoms with E-state index in [1.54, 1.807) is 12.3 Å². The molecule has 1 aliphatic rings.